The quantitative estimate of drug-likeness (QED) is 0.876. The van der Waals surface area contributed by atoms with E-state index in [0.717, 1.165) is 65.2 Å². The van der Waals surface area contributed by atoms with Crippen molar-refractivity contribution >= 4 is 5.91 Å². The average Bonchev–Trinajstić information content (AvgIpc) is 2.63. The highest BCUT2D eigenvalue weighted by molar-refractivity contribution is 5.79. The number of piperazine rings is 1. The van der Waals surface area contributed by atoms with E-state index in [0.29, 0.717) is 5.91 Å². The maximum Gasteiger partial charge on any atom is 0.227 e. The molecule has 0 radical (unpaired) electrons. The van der Waals surface area contributed by atoms with Gasteiger partial charge in [-0.1, -0.05) is 30.3 Å². The van der Waals surface area contributed by atoms with Gasteiger partial charge in [0, 0.05) is 45.8 Å². The predicted octanol–water partition coefficient (Wildman–Crippen LogP) is 1.04. The molecule has 1 atom stereocenters. The van der Waals surface area contributed by atoms with E-state index in [1.54, 1.807) is 0 Å². The number of rotatable bonds is 5. The van der Waals surface area contributed by atoms with Crippen LogP contribution in [-0.2, 0) is 11.3 Å². The third kappa shape index (κ3) is 4.56. The Labute approximate surface area is 144 Å². The molecule has 1 aromatic rings. The number of carbonyl (C=O) groups is 1. The fraction of sp³-hybridized carbons (Fsp3) is 0.632. The Balaban J connectivity index is 1.50. The number of piperidine rings is 1. The zero-order valence-corrected chi connectivity index (χ0v) is 14.4. The summed E-state index contributed by atoms with van der Waals surface area (Å²) < 4.78 is 0. The molecule has 0 saturated carbocycles. The molecule has 2 saturated heterocycles. The van der Waals surface area contributed by atoms with Gasteiger partial charge in [-0.05, 0) is 24.9 Å². The molecule has 132 valence electrons. The van der Waals surface area contributed by atoms with Gasteiger partial charge >= 0.3 is 0 Å². The monoisotopic (exact) mass is 331 g/mol. The van der Waals surface area contributed by atoms with Gasteiger partial charge in [0.15, 0.2) is 0 Å². The van der Waals surface area contributed by atoms with Gasteiger partial charge in [-0.3, -0.25) is 14.6 Å². The van der Waals surface area contributed by atoms with Crippen LogP contribution < -0.4 is 0 Å². The van der Waals surface area contributed by atoms with Gasteiger partial charge in [-0.15, -0.1) is 0 Å². The summed E-state index contributed by atoms with van der Waals surface area (Å²) in [5, 5.41) is 9.02. The number of β-amino-alcohol motifs (C(OH)–C–C–N with tert-alkyl or cyclic N) is 1. The van der Waals surface area contributed by atoms with Gasteiger partial charge in [0.2, 0.25) is 5.91 Å². The van der Waals surface area contributed by atoms with Gasteiger partial charge in [0.1, 0.15) is 0 Å². The fourth-order valence-corrected chi connectivity index (χ4v) is 3.83. The third-order valence-electron chi connectivity index (χ3n) is 5.20. The van der Waals surface area contributed by atoms with Crippen LogP contribution >= 0.6 is 0 Å². The molecular weight excluding hydrogens is 302 g/mol. The van der Waals surface area contributed by atoms with Crippen LogP contribution in [0.3, 0.4) is 0 Å². The lowest BCUT2D eigenvalue weighted by atomic mass is 9.95. The first-order valence-corrected chi connectivity index (χ1v) is 9.14. The Bertz CT molecular complexity index is 515. The van der Waals surface area contributed by atoms with Crippen LogP contribution in [0.15, 0.2) is 30.3 Å². The van der Waals surface area contributed by atoms with Crippen LogP contribution in [0.2, 0.25) is 0 Å². The van der Waals surface area contributed by atoms with Crippen molar-refractivity contribution in [2.75, 3.05) is 52.4 Å². The first-order chi connectivity index (χ1) is 11.8. The lowest BCUT2D eigenvalue weighted by Gasteiger charge is -2.39. The lowest BCUT2D eigenvalue weighted by Crippen LogP contribution is -2.52. The van der Waals surface area contributed by atoms with Crippen molar-refractivity contribution in [1.29, 1.82) is 0 Å². The molecule has 1 amide bonds. The summed E-state index contributed by atoms with van der Waals surface area (Å²) in [6.07, 6.45) is 2.12. The zero-order valence-electron chi connectivity index (χ0n) is 14.4. The third-order valence-corrected chi connectivity index (χ3v) is 5.20. The zero-order chi connectivity index (χ0) is 16.8. The van der Waals surface area contributed by atoms with E-state index in [9.17, 15) is 4.79 Å². The molecule has 5 nitrogen and oxygen atoms in total. The van der Waals surface area contributed by atoms with Gasteiger partial charge in [0.25, 0.3) is 0 Å². The Morgan fingerprint density at radius 3 is 2.50 bits per heavy atom. The molecule has 2 aliphatic rings. The minimum Gasteiger partial charge on any atom is -0.395 e. The highest BCUT2D eigenvalue weighted by Gasteiger charge is 2.30. The summed E-state index contributed by atoms with van der Waals surface area (Å²) >= 11 is 0. The average molecular weight is 331 g/mol. The molecule has 0 bridgehead atoms. The number of aliphatic hydroxyl groups is 1. The fourth-order valence-electron chi connectivity index (χ4n) is 3.83. The van der Waals surface area contributed by atoms with Crippen molar-refractivity contribution in [2.24, 2.45) is 5.92 Å². The molecule has 1 unspecified atom stereocenters. The molecule has 1 N–H and O–H groups in total. The Kier molecular flexibility index (Phi) is 6.24. The van der Waals surface area contributed by atoms with Crippen molar-refractivity contribution in [2.45, 2.75) is 19.4 Å². The molecule has 5 heteroatoms. The Morgan fingerprint density at radius 1 is 1.04 bits per heavy atom. The van der Waals surface area contributed by atoms with Crippen LogP contribution in [0.1, 0.15) is 18.4 Å². The molecule has 0 aromatic heterocycles. The number of benzene rings is 1. The van der Waals surface area contributed by atoms with E-state index in [1.165, 1.54) is 5.56 Å². The Hall–Kier alpha value is -1.43. The number of hydrogen-bond acceptors (Lipinski definition) is 4. The minimum atomic E-state index is 0.145. The second-order valence-electron chi connectivity index (χ2n) is 6.95. The summed E-state index contributed by atoms with van der Waals surface area (Å²) in [7, 11) is 0. The van der Waals surface area contributed by atoms with Crippen LogP contribution in [0.5, 0.6) is 0 Å². The van der Waals surface area contributed by atoms with E-state index in [4.69, 9.17) is 5.11 Å². The van der Waals surface area contributed by atoms with Crippen molar-refractivity contribution < 1.29 is 9.90 Å². The number of nitrogens with zero attached hydrogens (tertiary/aromatic N) is 3. The van der Waals surface area contributed by atoms with E-state index in [1.807, 2.05) is 11.0 Å². The topological polar surface area (TPSA) is 47.0 Å². The molecule has 1 aromatic carbocycles. The Morgan fingerprint density at radius 2 is 1.79 bits per heavy atom. The maximum atomic E-state index is 12.8. The number of hydrogen-bond donors (Lipinski definition) is 1. The van der Waals surface area contributed by atoms with E-state index in [-0.39, 0.29) is 12.5 Å². The number of carbonyl (C=O) groups excluding carboxylic acids is 1. The van der Waals surface area contributed by atoms with Crippen LogP contribution in [0.4, 0.5) is 0 Å². The normalized spacial score (nSPS) is 23.4. The molecule has 3 rings (SSSR count). The summed E-state index contributed by atoms with van der Waals surface area (Å²) in [5.74, 6) is 0.475. The SMILES string of the molecule is O=C(C1CCCN(Cc2ccccc2)C1)N1CCN(CCO)CC1. The minimum absolute atomic E-state index is 0.145. The van der Waals surface area contributed by atoms with Gasteiger partial charge in [0.05, 0.1) is 12.5 Å². The molecule has 2 heterocycles. The van der Waals surface area contributed by atoms with Crippen molar-refractivity contribution in [3.05, 3.63) is 35.9 Å². The first kappa shape index (κ1) is 17.4. The predicted molar refractivity (Wildman–Crippen MR) is 94.5 cm³/mol. The van der Waals surface area contributed by atoms with E-state index >= 15 is 0 Å². The second-order valence-corrected chi connectivity index (χ2v) is 6.95. The number of aliphatic hydroxyl groups excluding tert-OH is 1. The van der Waals surface area contributed by atoms with Crippen molar-refractivity contribution in [3.63, 3.8) is 0 Å². The summed E-state index contributed by atoms with van der Waals surface area (Å²) in [6.45, 7) is 7.19. The second kappa shape index (κ2) is 8.60. The van der Waals surface area contributed by atoms with Gasteiger partial charge in [-0.25, -0.2) is 0 Å². The number of amides is 1. The summed E-state index contributed by atoms with van der Waals surface area (Å²) in [6, 6.07) is 10.5. The summed E-state index contributed by atoms with van der Waals surface area (Å²) in [5.41, 5.74) is 1.32. The van der Waals surface area contributed by atoms with Crippen LogP contribution in [0.25, 0.3) is 0 Å². The van der Waals surface area contributed by atoms with E-state index in [2.05, 4.69) is 34.1 Å². The van der Waals surface area contributed by atoms with Gasteiger partial charge in [-0.2, -0.15) is 0 Å². The molecule has 2 fully saturated rings. The molecule has 0 spiro atoms. The lowest BCUT2D eigenvalue weighted by molar-refractivity contribution is -0.139. The van der Waals surface area contributed by atoms with Crippen LogP contribution in [-0.4, -0.2) is 78.1 Å². The van der Waals surface area contributed by atoms with Crippen molar-refractivity contribution in [3.8, 4) is 0 Å². The highest BCUT2D eigenvalue weighted by atomic mass is 16.3. The maximum absolute atomic E-state index is 12.8. The first-order valence-electron chi connectivity index (χ1n) is 9.14. The molecule has 2 aliphatic heterocycles. The van der Waals surface area contributed by atoms with Gasteiger partial charge < -0.3 is 10.0 Å². The molecule has 24 heavy (non-hydrogen) atoms. The van der Waals surface area contributed by atoms with Crippen LogP contribution in [0, 0.1) is 5.92 Å². The molecular formula is C19H29N3O2. The highest BCUT2D eigenvalue weighted by Crippen LogP contribution is 2.21. The number of likely N-dealkylation sites (tertiary alicyclic amines) is 1. The van der Waals surface area contributed by atoms with Crippen molar-refractivity contribution in [1.82, 2.24) is 14.7 Å². The molecule has 0 aliphatic carbocycles. The summed E-state index contributed by atoms with van der Waals surface area (Å²) in [4.78, 5) is 19.5. The standard InChI is InChI=1S/C19H29N3O2/c23-14-13-20-9-11-22(12-10-20)19(24)18-7-4-8-21(16-18)15-17-5-2-1-3-6-17/h1-3,5-6,18,23H,4,7-16H2. The van der Waals surface area contributed by atoms with E-state index < -0.39 is 0 Å². The smallest absolute Gasteiger partial charge is 0.227 e. The largest absolute Gasteiger partial charge is 0.395 e.